The van der Waals surface area contributed by atoms with Crippen molar-refractivity contribution in [2.75, 3.05) is 0 Å². The Kier molecular flexibility index (Phi) is 2.58. The average molecular weight is 312 g/mol. The first kappa shape index (κ1) is 13.0. The zero-order valence-corrected chi connectivity index (χ0v) is 12.6. The van der Waals surface area contributed by atoms with Crippen molar-refractivity contribution in [3.05, 3.63) is 71.9 Å². The van der Waals surface area contributed by atoms with Gasteiger partial charge < -0.3 is 10.2 Å². The number of rotatable bonds is 1. The predicted molar refractivity (Wildman–Crippen MR) is 92.2 cm³/mol. The van der Waals surface area contributed by atoms with Crippen LogP contribution in [0.4, 0.5) is 0 Å². The summed E-state index contributed by atoms with van der Waals surface area (Å²) in [4.78, 5) is 12.3. The van der Waals surface area contributed by atoms with Crippen LogP contribution < -0.4 is 0 Å². The average Bonchev–Trinajstić information content (AvgIpc) is 3.20. The van der Waals surface area contributed by atoms with Crippen LogP contribution in [0, 0.1) is 0 Å². The molecule has 4 aromatic rings. The highest BCUT2D eigenvalue weighted by Crippen LogP contribution is 2.42. The summed E-state index contributed by atoms with van der Waals surface area (Å²) in [5.74, 6) is 0.759. The first-order valence-corrected chi connectivity index (χ1v) is 7.63. The van der Waals surface area contributed by atoms with Gasteiger partial charge in [-0.05, 0) is 17.7 Å². The standard InChI is InChI=1S/C19H12N4O/c24-23-17-12-6-2-1-5-11(12)16-13(17)7-3-8-14(16)18-21-15-9-4-10-20-19(15)22-18/h1-10,24H,(H,20,21,22). The molecule has 0 radical (unpaired) electrons. The number of nitrogens with one attached hydrogen (secondary N) is 1. The number of hydrogen-bond donors (Lipinski definition) is 2. The summed E-state index contributed by atoms with van der Waals surface area (Å²) in [6.07, 6.45) is 1.74. The first-order valence-electron chi connectivity index (χ1n) is 7.63. The molecule has 0 fully saturated rings. The largest absolute Gasteiger partial charge is 0.410 e. The Bertz CT molecular complexity index is 1090. The Labute approximate surface area is 137 Å². The zero-order valence-electron chi connectivity index (χ0n) is 12.6. The van der Waals surface area contributed by atoms with E-state index in [1.165, 1.54) is 0 Å². The maximum atomic E-state index is 9.49. The summed E-state index contributed by atoms with van der Waals surface area (Å²) >= 11 is 0. The van der Waals surface area contributed by atoms with Gasteiger partial charge in [0.25, 0.3) is 0 Å². The van der Waals surface area contributed by atoms with Gasteiger partial charge in [0.15, 0.2) is 5.65 Å². The second kappa shape index (κ2) is 4.76. The van der Waals surface area contributed by atoms with Crippen molar-refractivity contribution in [2.45, 2.75) is 0 Å². The van der Waals surface area contributed by atoms with Crippen molar-refractivity contribution in [2.24, 2.45) is 5.16 Å². The number of aromatic nitrogens is 3. The summed E-state index contributed by atoms with van der Waals surface area (Å²) in [5.41, 5.74) is 7.05. The third-order valence-electron chi connectivity index (χ3n) is 4.38. The van der Waals surface area contributed by atoms with E-state index in [-0.39, 0.29) is 0 Å². The molecule has 0 bridgehead atoms. The molecular formula is C19H12N4O. The Morgan fingerprint density at radius 2 is 1.62 bits per heavy atom. The minimum atomic E-state index is 0.594. The van der Waals surface area contributed by atoms with Gasteiger partial charge in [-0.3, -0.25) is 0 Å². The topological polar surface area (TPSA) is 74.2 Å². The fourth-order valence-corrected chi connectivity index (χ4v) is 3.37. The molecule has 1 aliphatic carbocycles. The Morgan fingerprint density at radius 1 is 0.833 bits per heavy atom. The van der Waals surface area contributed by atoms with E-state index in [2.05, 4.69) is 20.1 Å². The molecular weight excluding hydrogens is 300 g/mol. The van der Waals surface area contributed by atoms with E-state index in [4.69, 9.17) is 0 Å². The van der Waals surface area contributed by atoms with E-state index in [0.29, 0.717) is 5.71 Å². The molecule has 5 rings (SSSR count). The van der Waals surface area contributed by atoms with E-state index in [1.54, 1.807) is 6.20 Å². The van der Waals surface area contributed by atoms with Gasteiger partial charge >= 0.3 is 0 Å². The maximum Gasteiger partial charge on any atom is 0.157 e. The summed E-state index contributed by atoms with van der Waals surface area (Å²) in [5, 5.41) is 13.0. The number of pyridine rings is 1. The summed E-state index contributed by atoms with van der Waals surface area (Å²) in [6.45, 7) is 0. The number of nitrogens with zero attached hydrogens (tertiary/aromatic N) is 3. The molecule has 0 saturated heterocycles. The number of hydrogen-bond acceptors (Lipinski definition) is 4. The molecule has 1 aliphatic rings. The summed E-state index contributed by atoms with van der Waals surface area (Å²) in [6, 6.07) is 17.7. The van der Waals surface area contributed by atoms with Crippen molar-refractivity contribution in [1.82, 2.24) is 15.0 Å². The fourth-order valence-electron chi connectivity index (χ4n) is 3.37. The van der Waals surface area contributed by atoms with Crippen LogP contribution in [0.25, 0.3) is 33.7 Å². The summed E-state index contributed by atoms with van der Waals surface area (Å²) < 4.78 is 0. The lowest BCUT2D eigenvalue weighted by Crippen LogP contribution is -1.97. The minimum Gasteiger partial charge on any atom is -0.410 e. The Hall–Kier alpha value is -3.47. The molecule has 5 heteroatoms. The van der Waals surface area contributed by atoms with E-state index >= 15 is 0 Å². The zero-order chi connectivity index (χ0) is 16.1. The molecule has 2 heterocycles. The minimum absolute atomic E-state index is 0.594. The van der Waals surface area contributed by atoms with Crippen LogP contribution in [-0.2, 0) is 0 Å². The van der Waals surface area contributed by atoms with Crippen LogP contribution in [-0.4, -0.2) is 25.9 Å². The van der Waals surface area contributed by atoms with Gasteiger partial charge in [-0.25, -0.2) is 9.97 Å². The van der Waals surface area contributed by atoms with Crippen LogP contribution in [0.3, 0.4) is 0 Å². The Balaban J connectivity index is 1.84. The van der Waals surface area contributed by atoms with Gasteiger partial charge in [-0.2, -0.15) is 0 Å². The van der Waals surface area contributed by atoms with Crippen molar-refractivity contribution in [1.29, 1.82) is 0 Å². The number of H-pyrrole nitrogens is 1. The molecule has 24 heavy (non-hydrogen) atoms. The molecule has 114 valence electrons. The van der Waals surface area contributed by atoms with E-state index < -0.39 is 0 Å². The maximum absolute atomic E-state index is 9.49. The molecule has 0 saturated carbocycles. The lowest BCUT2D eigenvalue weighted by atomic mass is 9.99. The van der Waals surface area contributed by atoms with Crippen LogP contribution in [0.2, 0.25) is 0 Å². The van der Waals surface area contributed by atoms with E-state index in [0.717, 1.165) is 44.8 Å². The first-order chi connectivity index (χ1) is 11.9. The van der Waals surface area contributed by atoms with Crippen LogP contribution in [0.1, 0.15) is 11.1 Å². The monoisotopic (exact) mass is 312 g/mol. The molecule has 0 aliphatic heterocycles. The molecule has 0 atom stereocenters. The SMILES string of the molecule is ON=C1c2ccccc2-c2c1cccc2-c1nc2cccnc2[nH]1. The smallest absolute Gasteiger partial charge is 0.157 e. The third-order valence-corrected chi connectivity index (χ3v) is 4.38. The number of fused-ring (bicyclic) bond motifs is 4. The highest BCUT2D eigenvalue weighted by atomic mass is 16.4. The quantitative estimate of drug-likeness (QED) is 0.365. The third kappa shape index (κ3) is 1.66. The van der Waals surface area contributed by atoms with Gasteiger partial charge in [0, 0.05) is 28.5 Å². The second-order valence-corrected chi connectivity index (χ2v) is 5.68. The van der Waals surface area contributed by atoms with Crippen molar-refractivity contribution < 1.29 is 5.21 Å². The van der Waals surface area contributed by atoms with Crippen molar-refractivity contribution in [3.8, 4) is 22.5 Å². The van der Waals surface area contributed by atoms with Crippen molar-refractivity contribution in [3.63, 3.8) is 0 Å². The van der Waals surface area contributed by atoms with Gasteiger partial charge in [0.1, 0.15) is 17.1 Å². The predicted octanol–water partition coefficient (Wildman–Crippen LogP) is 3.83. The van der Waals surface area contributed by atoms with Gasteiger partial charge in [-0.15, -0.1) is 0 Å². The lowest BCUT2D eigenvalue weighted by Gasteiger charge is -2.06. The van der Waals surface area contributed by atoms with E-state index in [9.17, 15) is 5.21 Å². The molecule has 2 aromatic heterocycles. The number of aromatic amines is 1. The molecule has 5 nitrogen and oxygen atoms in total. The number of imidazole rings is 1. The van der Waals surface area contributed by atoms with Crippen LogP contribution in [0.5, 0.6) is 0 Å². The molecule has 0 spiro atoms. The van der Waals surface area contributed by atoms with Gasteiger partial charge in [-0.1, -0.05) is 47.6 Å². The molecule has 2 aromatic carbocycles. The molecule has 0 unspecified atom stereocenters. The number of oxime groups is 1. The van der Waals surface area contributed by atoms with Crippen LogP contribution in [0.15, 0.2) is 65.9 Å². The van der Waals surface area contributed by atoms with Crippen LogP contribution >= 0.6 is 0 Å². The Morgan fingerprint density at radius 3 is 2.46 bits per heavy atom. The van der Waals surface area contributed by atoms with Gasteiger partial charge in [0.05, 0.1) is 0 Å². The van der Waals surface area contributed by atoms with E-state index in [1.807, 2.05) is 54.6 Å². The highest BCUT2D eigenvalue weighted by Gasteiger charge is 2.28. The number of benzene rings is 2. The molecule has 2 N–H and O–H groups in total. The second-order valence-electron chi connectivity index (χ2n) is 5.68. The summed E-state index contributed by atoms with van der Waals surface area (Å²) in [7, 11) is 0. The highest BCUT2D eigenvalue weighted by molar-refractivity contribution is 6.26. The normalized spacial score (nSPS) is 14.1. The molecule has 0 amide bonds. The van der Waals surface area contributed by atoms with Crippen molar-refractivity contribution >= 4 is 16.9 Å². The van der Waals surface area contributed by atoms with Gasteiger partial charge in [0.2, 0.25) is 0 Å². The lowest BCUT2D eigenvalue weighted by molar-refractivity contribution is 0.320. The fraction of sp³-hybridized carbons (Fsp3) is 0.